The van der Waals surface area contributed by atoms with E-state index in [0.717, 1.165) is 39.0 Å². The number of aromatic nitrogens is 4. The third-order valence-corrected chi connectivity index (χ3v) is 6.06. The van der Waals surface area contributed by atoms with Gasteiger partial charge in [0.2, 0.25) is 5.91 Å². The zero-order valence-electron chi connectivity index (χ0n) is 22.0. The zero-order valence-corrected chi connectivity index (χ0v) is 22.0. The molecule has 2 aromatic carbocycles. The van der Waals surface area contributed by atoms with E-state index in [4.69, 9.17) is 9.84 Å². The van der Waals surface area contributed by atoms with Crippen molar-refractivity contribution < 1.29 is 14.3 Å². The van der Waals surface area contributed by atoms with Crippen molar-refractivity contribution in [2.24, 2.45) is 14.1 Å². The summed E-state index contributed by atoms with van der Waals surface area (Å²) >= 11 is 0. The minimum Gasteiger partial charge on any atom is -0.484 e. The van der Waals surface area contributed by atoms with Crippen LogP contribution in [-0.4, -0.2) is 51.1 Å². The summed E-state index contributed by atoms with van der Waals surface area (Å²) in [5, 5.41) is 19.0. The van der Waals surface area contributed by atoms with Gasteiger partial charge in [0.25, 0.3) is 5.91 Å². The zero-order chi connectivity index (χ0) is 26.7. The van der Waals surface area contributed by atoms with Gasteiger partial charge in [-0.15, -0.1) is 0 Å². The highest BCUT2D eigenvalue weighted by Crippen LogP contribution is 2.42. The molecule has 10 nitrogen and oxygen atoms in total. The van der Waals surface area contributed by atoms with Gasteiger partial charge in [0, 0.05) is 62.4 Å². The maximum absolute atomic E-state index is 12.4. The summed E-state index contributed by atoms with van der Waals surface area (Å²) in [6.07, 6.45) is 4.08. The number of benzene rings is 2. The first-order valence-corrected chi connectivity index (χ1v) is 12.4. The summed E-state index contributed by atoms with van der Waals surface area (Å²) in [6.45, 7) is 5.85. The van der Waals surface area contributed by atoms with Crippen molar-refractivity contribution in [1.82, 2.24) is 24.9 Å². The van der Waals surface area contributed by atoms with Crippen molar-refractivity contribution in [3.05, 3.63) is 42.7 Å². The Kier molecular flexibility index (Phi) is 7.47. The van der Waals surface area contributed by atoms with Crippen LogP contribution < -0.4 is 20.7 Å². The van der Waals surface area contributed by atoms with Gasteiger partial charge in [0.15, 0.2) is 6.61 Å². The number of rotatable bonds is 5. The molecule has 4 aromatic rings. The number of carbonyl (C=O) groups excluding carboxylic acids is 2. The van der Waals surface area contributed by atoms with Crippen molar-refractivity contribution >= 4 is 34.1 Å². The van der Waals surface area contributed by atoms with Crippen LogP contribution >= 0.6 is 0 Å². The number of nitrogens with zero attached hydrogens (tertiary/aromatic N) is 4. The molecule has 0 fully saturated rings. The molecule has 3 heterocycles. The highest BCUT2D eigenvalue weighted by molar-refractivity contribution is 6.03. The molecule has 2 aromatic heterocycles. The molecule has 0 saturated heterocycles. The van der Waals surface area contributed by atoms with E-state index in [1.54, 1.807) is 24.0 Å². The van der Waals surface area contributed by atoms with E-state index in [1.165, 1.54) is 0 Å². The standard InChI is InChI=1S/C25H27N7O3.C2H6/c1-14-7-22(33)29-20-10-17(35-13-23(34)26-2)9-18(25(20)28-14)15-5-6-21-19(8-15)24(30-32(21)4)16-11-27-31(3)12-16;1-2/h5-6,8-12,14,28H,7,13H2,1-4H3,(H,26,34)(H,29,33);1-2H3. The molecule has 1 aliphatic rings. The number of carbonyl (C=O) groups is 2. The van der Waals surface area contributed by atoms with Gasteiger partial charge in [0.05, 0.1) is 23.1 Å². The Labute approximate surface area is 216 Å². The minimum absolute atomic E-state index is 0.0549. The van der Waals surface area contributed by atoms with Crippen LogP contribution in [0.1, 0.15) is 27.2 Å². The van der Waals surface area contributed by atoms with E-state index >= 15 is 0 Å². The lowest BCUT2D eigenvalue weighted by Crippen LogP contribution is -2.24. The molecule has 10 heteroatoms. The Hall–Kier alpha value is -4.34. The fourth-order valence-electron chi connectivity index (χ4n) is 4.37. The molecule has 1 unspecified atom stereocenters. The van der Waals surface area contributed by atoms with E-state index in [2.05, 4.69) is 27.1 Å². The van der Waals surface area contributed by atoms with Gasteiger partial charge in [-0.1, -0.05) is 19.9 Å². The summed E-state index contributed by atoms with van der Waals surface area (Å²) in [5.74, 6) is 0.160. The van der Waals surface area contributed by atoms with E-state index in [-0.39, 0.29) is 24.5 Å². The number of hydrogen-bond acceptors (Lipinski definition) is 6. The lowest BCUT2D eigenvalue weighted by Gasteiger charge is -2.19. The van der Waals surface area contributed by atoms with Crippen molar-refractivity contribution in [3.8, 4) is 28.1 Å². The van der Waals surface area contributed by atoms with Crippen molar-refractivity contribution in [2.45, 2.75) is 33.2 Å². The Bertz CT molecular complexity index is 1450. The van der Waals surface area contributed by atoms with Crippen LogP contribution in [0.3, 0.4) is 0 Å². The SMILES string of the molecule is CC.CNC(=O)COc1cc2c(c(-c3ccc4c(c3)c(-c3cnn(C)c3)nn4C)c1)NC(C)CC(=O)N2. The van der Waals surface area contributed by atoms with Gasteiger partial charge in [-0.3, -0.25) is 19.0 Å². The number of anilines is 2. The third-order valence-electron chi connectivity index (χ3n) is 6.06. The van der Waals surface area contributed by atoms with E-state index in [0.29, 0.717) is 17.9 Å². The second-order valence-electron chi connectivity index (χ2n) is 8.76. The lowest BCUT2D eigenvalue weighted by atomic mass is 9.98. The number of likely N-dealkylation sites (N-methyl/N-ethyl adjacent to an activating group) is 1. The van der Waals surface area contributed by atoms with Crippen LogP contribution in [0.4, 0.5) is 11.4 Å². The van der Waals surface area contributed by atoms with Gasteiger partial charge in [-0.05, 0) is 30.7 Å². The lowest BCUT2D eigenvalue weighted by molar-refractivity contribution is -0.122. The Morgan fingerprint density at radius 1 is 1.19 bits per heavy atom. The molecular formula is C27H33N7O3. The predicted octanol–water partition coefficient (Wildman–Crippen LogP) is 3.93. The van der Waals surface area contributed by atoms with Crippen LogP contribution in [0, 0.1) is 0 Å². The molecule has 0 spiro atoms. The first-order chi connectivity index (χ1) is 17.8. The molecule has 5 rings (SSSR count). The maximum atomic E-state index is 12.4. The van der Waals surface area contributed by atoms with Crippen LogP contribution in [0.25, 0.3) is 33.3 Å². The van der Waals surface area contributed by atoms with E-state index < -0.39 is 0 Å². The second kappa shape index (κ2) is 10.7. The van der Waals surface area contributed by atoms with Crippen LogP contribution in [-0.2, 0) is 23.7 Å². The number of fused-ring (bicyclic) bond motifs is 2. The molecule has 194 valence electrons. The van der Waals surface area contributed by atoms with Gasteiger partial charge in [0.1, 0.15) is 11.4 Å². The summed E-state index contributed by atoms with van der Waals surface area (Å²) < 4.78 is 9.36. The molecule has 2 amide bonds. The van der Waals surface area contributed by atoms with Gasteiger partial charge in [-0.25, -0.2) is 0 Å². The second-order valence-corrected chi connectivity index (χ2v) is 8.76. The Morgan fingerprint density at radius 3 is 2.68 bits per heavy atom. The number of hydrogen-bond donors (Lipinski definition) is 3. The van der Waals surface area contributed by atoms with Gasteiger partial charge >= 0.3 is 0 Å². The average Bonchev–Trinajstić information content (AvgIpc) is 3.42. The summed E-state index contributed by atoms with van der Waals surface area (Å²) in [5.41, 5.74) is 5.95. The number of ether oxygens (including phenoxy) is 1. The number of amides is 2. The number of nitrogens with one attached hydrogen (secondary N) is 3. The predicted molar refractivity (Wildman–Crippen MR) is 146 cm³/mol. The van der Waals surface area contributed by atoms with E-state index in [1.807, 2.05) is 63.9 Å². The molecular weight excluding hydrogens is 470 g/mol. The third kappa shape index (κ3) is 5.28. The Balaban J connectivity index is 0.00000156. The van der Waals surface area contributed by atoms with Crippen LogP contribution in [0.15, 0.2) is 42.7 Å². The van der Waals surface area contributed by atoms with Crippen LogP contribution in [0.2, 0.25) is 0 Å². The molecule has 0 bridgehead atoms. The van der Waals surface area contributed by atoms with Crippen molar-refractivity contribution in [2.75, 3.05) is 24.3 Å². The first-order valence-electron chi connectivity index (χ1n) is 12.4. The fourth-order valence-corrected chi connectivity index (χ4v) is 4.37. The average molecular weight is 504 g/mol. The molecule has 0 saturated carbocycles. The smallest absolute Gasteiger partial charge is 0.257 e. The van der Waals surface area contributed by atoms with Crippen LogP contribution in [0.5, 0.6) is 5.75 Å². The highest BCUT2D eigenvalue weighted by atomic mass is 16.5. The molecule has 37 heavy (non-hydrogen) atoms. The van der Waals surface area contributed by atoms with Gasteiger partial charge in [-0.2, -0.15) is 10.2 Å². The maximum Gasteiger partial charge on any atom is 0.257 e. The number of aryl methyl sites for hydroxylation is 2. The quantitative estimate of drug-likeness (QED) is 0.380. The molecule has 0 radical (unpaired) electrons. The van der Waals surface area contributed by atoms with Crippen molar-refractivity contribution in [3.63, 3.8) is 0 Å². The molecule has 1 aliphatic heterocycles. The monoisotopic (exact) mass is 503 g/mol. The minimum atomic E-state index is -0.241. The highest BCUT2D eigenvalue weighted by Gasteiger charge is 2.23. The largest absolute Gasteiger partial charge is 0.484 e. The molecule has 1 atom stereocenters. The normalized spacial score (nSPS) is 14.5. The van der Waals surface area contributed by atoms with Crippen molar-refractivity contribution in [1.29, 1.82) is 0 Å². The topological polar surface area (TPSA) is 115 Å². The van der Waals surface area contributed by atoms with Gasteiger partial charge < -0.3 is 20.7 Å². The summed E-state index contributed by atoms with van der Waals surface area (Å²) in [7, 11) is 5.35. The molecule has 3 N–H and O–H groups in total. The Morgan fingerprint density at radius 2 is 1.97 bits per heavy atom. The summed E-state index contributed by atoms with van der Waals surface area (Å²) in [4.78, 5) is 24.2. The van der Waals surface area contributed by atoms with E-state index in [9.17, 15) is 9.59 Å². The first kappa shape index (κ1) is 25.7. The molecule has 0 aliphatic carbocycles. The summed E-state index contributed by atoms with van der Waals surface area (Å²) in [6, 6.07) is 9.71. The fraction of sp³-hybridized carbons (Fsp3) is 0.333.